The number of hydrogen-bond donors (Lipinski definition) is 2. The minimum Gasteiger partial charge on any atom is -0.350 e. The van der Waals surface area contributed by atoms with Gasteiger partial charge in [0.25, 0.3) is 5.91 Å². The summed E-state index contributed by atoms with van der Waals surface area (Å²) >= 11 is 2.76. The molecule has 3 aromatic rings. The van der Waals surface area contributed by atoms with Crippen molar-refractivity contribution >= 4 is 39.6 Å². The quantitative estimate of drug-likeness (QED) is 0.710. The number of carbonyl (C=O) groups is 2. The Bertz CT molecular complexity index is 816. The van der Waals surface area contributed by atoms with Crippen LogP contribution in [0.4, 0.5) is 5.13 Å². The fourth-order valence-electron chi connectivity index (χ4n) is 1.93. The van der Waals surface area contributed by atoms with Crippen LogP contribution in [0.1, 0.15) is 21.7 Å². The van der Waals surface area contributed by atoms with Crippen LogP contribution >= 0.6 is 22.7 Å². The predicted octanol–water partition coefficient (Wildman–Crippen LogP) is 2.71. The number of thiazole rings is 1. The van der Waals surface area contributed by atoms with Gasteiger partial charge in [-0.25, -0.2) is 4.98 Å². The van der Waals surface area contributed by atoms with Crippen molar-refractivity contribution in [1.29, 1.82) is 0 Å². The van der Waals surface area contributed by atoms with E-state index in [0.29, 0.717) is 22.9 Å². The summed E-state index contributed by atoms with van der Waals surface area (Å²) in [6, 6.07) is 7.30. The third-order valence-electron chi connectivity index (χ3n) is 3.09. The van der Waals surface area contributed by atoms with Crippen LogP contribution in [0, 0.1) is 0 Å². The van der Waals surface area contributed by atoms with Crippen molar-refractivity contribution in [1.82, 2.24) is 15.3 Å². The molecule has 0 bridgehead atoms. The van der Waals surface area contributed by atoms with Crippen LogP contribution in [0.5, 0.6) is 0 Å². The number of pyridine rings is 1. The summed E-state index contributed by atoms with van der Waals surface area (Å²) in [6.45, 7) is 0.381. The highest BCUT2D eigenvalue weighted by atomic mass is 32.1. The number of carbonyl (C=O) groups excluding carboxylic acids is 2. The molecule has 0 aliphatic rings. The maximum Gasteiger partial charge on any atom is 0.258 e. The van der Waals surface area contributed by atoms with Crippen LogP contribution in [-0.2, 0) is 17.8 Å². The minimum atomic E-state index is -0.197. The second-order valence-corrected chi connectivity index (χ2v) is 6.52. The molecule has 0 aliphatic heterocycles. The van der Waals surface area contributed by atoms with Gasteiger partial charge in [-0.3, -0.25) is 19.9 Å². The molecule has 0 saturated heterocycles. The number of amides is 2. The number of aromatic nitrogens is 2. The van der Waals surface area contributed by atoms with E-state index in [4.69, 9.17) is 0 Å². The van der Waals surface area contributed by atoms with E-state index < -0.39 is 0 Å². The monoisotopic (exact) mass is 358 g/mol. The largest absolute Gasteiger partial charge is 0.350 e. The average Bonchev–Trinajstić information content (AvgIpc) is 3.26. The van der Waals surface area contributed by atoms with E-state index in [-0.39, 0.29) is 18.2 Å². The molecule has 2 amide bonds. The first-order chi connectivity index (χ1) is 11.7. The van der Waals surface area contributed by atoms with Crippen LogP contribution in [-0.4, -0.2) is 21.8 Å². The zero-order chi connectivity index (χ0) is 16.8. The average molecular weight is 358 g/mol. The number of rotatable bonds is 6. The second-order valence-electron chi connectivity index (χ2n) is 4.88. The van der Waals surface area contributed by atoms with Gasteiger partial charge in [-0.15, -0.1) is 11.3 Å². The molecule has 3 rings (SSSR count). The van der Waals surface area contributed by atoms with Crippen LogP contribution in [0.15, 0.2) is 46.6 Å². The van der Waals surface area contributed by atoms with E-state index in [1.165, 1.54) is 22.7 Å². The highest BCUT2D eigenvalue weighted by Crippen LogP contribution is 2.17. The van der Waals surface area contributed by atoms with Gasteiger partial charge in [0.15, 0.2) is 5.13 Å². The van der Waals surface area contributed by atoms with Crippen molar-refractivity contribution in [2.24, 2.45) is 0 Å². The lowest BCUT2D eigenvalue weighted by Crippen LogP contribution is -2.25. The summed E-state index contributed by atoms with van der Waals surface area (Å²) in [5, 5.41) is 11.4. The topological polar surface area (TPSA) is 84.0 Å². The number of nitrogens with one attached hydrogen (secondary N) is 2. The smallest absolute Gasteiger partial charge is 0.258 e. The molecule has 122 valence electrons. The summed E-state index contributed by atoms with van der Waals surface area (Å²) in [5.41, 5.74) is 2.02. The van der Waals surface area contributed by atoms with Gasteiger partial charge in [0.2, 0.25) is 5.91 Å². The second kappa shape index (κ2) is 7.80. The van der Waals surface area contributed by atoms with E-state index in [0.717, 1.165) is 5.69 Å². The van der Waals surface area contributed by atoms with Crippen molar-refractivity contribution in [2.75, 3.05) is 5.32 Å². The van der Waals surface area contributed by atoms with E-state index in [1.54, 1.807) is 23.0 Å². The lowest BCUT2D eigenvalue weighted by Gasteiger charge is -2.03. The Kier molecular flexibility index (Phi) is 5.29. The van der Waals surface area contributed by atoms with Gasteiger partial charge >= 0.3 is 0 Å². The van der Waals surface area contributed by atoms with Crippen molar-refractivity contribution < 1.29 is 9.59 Å². The molecule has 3 heterocycles. The third kappa shape index (κ3) is 4.46. The van der Waals surface area contributed by atoms with Gasteiger partial charge in [-0.1, -0.05) is 6.07 Å². The molecule has 0 fully saturated rings. The molecule has 3 aromatic heterocycles. The zero-order valence-corrected chi connectivity index (χ0v) is 14.2. The number of hydrogen-bond acceptors (Lipinski definition) is 6. The lowest BCUT2D eigenvalue weighted by atomic mass is 10.3. The molecular weight excluding hydrogens is 344 g/mol. The zero-order valence-electron chi connectivity index (χ0n) is 12.6. The van der Waals surface area contributed by atoms with Gasteiger partial charge < -0.3 is 5.32 Å². The van der Waals surface area contributed by atoms with Crippen LogP contribution in [0.3, 0.4) is 0 Å². The van der Waals surface area contributed by atoms with Crippen LogP contribution in [0.25, 0.3) is 0 Å². The maximum atomic E-state index is 11.9. The minimum absolute atomic E-state index is 0.137. The Morgan fingerprint density at radius 2 is 2.04 bits per heavy atom. The molecule has 2 N–H and O–H groups in total. The summed E-state index contributed by atoms with van der Waals surface area (Å²) in [6.07, 6.45) is 1.85. The van der Waals surface area contributed by atoms with Gasteiger partial charge in [-0.2, -0.15) is 11.3 Å². The molecule has 0 saturated carbocycles. The van der Waals surface area contributed by atoms with Crippen LogP contribution in [0.2, 0.25) is 0 Å². The SMILES string of the molecule is O=C(Cc1csc(NC(=O)c2ccsc2)n1)NCc1ccccn1. The molecule has 24 heavy (non-hydrogen) atoms. The summed E-state index contributed by atoms with van der Waals surface area (Å²) in [4.78, 5) is 32.3. The maximum absolute atomic E-state index is 11.9. The summed E-state index contributed by atoms with van der Waals surface area (Å²) < 4.78 is 0. The fraction of sp³-hybridized carbons (Fsp3) is 0.125. The number of nitrogens with zero attached hydrogens (tertiary/aromatic N) is 2. The Labute approximate surface area is 146 Å². The fourth-order valence-corrected chi connectivity index (χ4v) is 3.27. The van der Waals surface area contributed by atoms with Gasteiger partial charge in [0, 0.05) is 17.0 Å². The lowest BCUT2D eigenvalue weighted by molar-refractivity contribution is -0.120. The molecule has 0 aliphatic carbocycles. The molecule has 0 atom stereocenters. The molecular formula is C16H14N4O2S2. The Morgan fingerprint density at radius 1 is 1.12 bits per heavy atom. The van der Waals surface area contributed by atoms with Crippen molar-refractivity contribution in [3.63, 3.8) is 0 Å². The third-order valence-corrected chi connectivity index (χ3v) is 4.58. The van der Waals surface area contributed by atoms with Crippen LogP contribution < -0.4 is 10.6 Å². The van der Waals surface area contributed by atoms with Gasteiger partial charge in [-0.05, 0) is 23.6 Å². The normalized spacial score (nSPS) is 10.3. The van der Waals surface area contributed by atoms with E-state index in [1.807, 2.05) is 23.6 Å². The van der Waals surface area contributed by atoms with Crippen molar-refractivity contribution in [3.8, 4) is 0 Å². The molecule has 0 unspecified atom stereocenters. The van der Waals surface area contributed by atoms with E-state index in [9.17, 15) is 9.59 Å². The first-order valence-electron chi connectivity index (χ1n) is 7.15. The Morgan fingerprint density at radius 3 is 2.79 bits per heavy atom. The van der Waals surface area contributed by atoms with E-state index >= 15 is 0 Å². The molecule has 6 nitrogen and oxygen atoms in total. The highest BCUT2D eigenvalue weighted by Gasteiger charge is 2.11. The summed E-state index contributed by atoms with van der Waals surface area (Å²) in [7, 11) is 0. The van der Waals surface area contributed by atoms with Gasteiger partial charge in [0.1, 0.15) is 0 Å². The first-order valence-corrected chi connectivity index (χ1v) is 8.97. The standard InChI is InChI=1S/C16H14N4O2S2/c21-14(18-8-12-3-1-2-5-17-12)7-13-10-24-16(19-13)20-15(22)11-4-6-23-9-11/h1-6,9-10H,7-8H2,(H,18,21)(H,19,20,22). The van der Waals surface area contributed by atoms with E-state index in [2.05, 4.69) is 20.6 Å². The molecule has 0 aromatic carbocycles. The molecule has 8 heteroatoms. The molecule has 0 spiro atoms. The summed E-state index contributed by atoms with van der Waals surface area (Å²) in [5.74, 6) is -0.335. The number of thiophene rings is 1. The molecule has 0 radical (unpaired) electrons. The Hall–Kier alpha value is -2.58. The van der Waals surface area contributed by atoms with Gasteiger partial charge in [0.05, 0.1) is 29.9 Å². The van der Waals surface area contributed by atoms with Crippen molar-refractivity contribution in [2.45, 2.75) is 13.0 Å². The Balaban J connectivity index is 1.50. The first kappa shape index (κ1) is 16.3. The predicted molar refractivity (Wildman–Crippen MR) is 94.2 cm³/mol. The number of anilines is 1. The highest BCUT2D eigenvalue weighted by molar-refractivity contribution is 7.14. The van der Waals surface area contributed by atoms with Crippen molar-refractivity contribution in [3.05, 3.63) is 63.6 Å².